The van der Waals surface area contributed by atoms with Crippen LogP contribution < -0.4 is 5.32 Å². The van der Waals surface area contributed by atoms with Crippen LogP contribution in [0.3, 0.4) is 0 Å². The Morgan fingerprint density at radius 3 is 2.23 bits per heavy atom. The normalized spacial score (nSPS) is 10.3. The van der Waals surface area contributed by atoms with Gasteiger partial charge in [0.1, 0.15) is 0 Å². The molecule has 0 heterocycles. The minimum absolute atomic E-state index is 0.0447. The molecule has 0 spiro atoms. The van der Waals surface area contributed by atoms with Gasteiger partial charge in [-0.05, 0) is 29.7 Å². The summed E-state index contributed by atoms with van der Waals surface area (Å²) < 4.78 is 0. The number of nitrogens with zero attached hydrogens (tertiary/aromatic N) is 1. The molecule has 0 aromatic heterocycles. The molecule has 2 aromatic carbocycles. The number of aryl methyl sites for hydroxylation is 1. The second-order valence-electron chi connectivity index (χ2n) is 5.56. The van der Waals surface area contributed by atoms with Crippen LogP contribution in [0, 0.1) is 10.1 Å². The van der Waals surface area contributed by atoms with Gasteiger partial charge in [0.05, 0.1) is 10.7 Å². The number of nitrogens with one attached hydrogen (secondary N) is 1. The van der Waals surface area contributed by atoms with E-state index in [2.05, 4.69) is 5.32 Å². The van der Waals surface area contributed by atoms with Crippen molar-refractivity contribution in [3.8, 4) is 0 Å². The second-order valence-corrected chi connectivity index (χ2v) is 6.54. The Morgan fingerprint density at radius 1 is 1.04 bits per heavy atom. The van der Waals surface area contributed by atoms with E-state index in [1.54, 1.807) is 36.4 Å². The minimum atomic E-state index is -0.840. The van der Waals surface area contributed by atoms with Crippen LogP contribution in [-0.2, 0) is 21.8 Å². The number of thioether (sulfide) groups is 1. The predicted molar refractivity (Wildman–Crippen MR) is 100 cm³/mol. The van der Waals surface area contributed by atoms with Crippen LogP contribution in [-0.4, -0.2) is 27.7 Å². The number of benzene rings is 2. The van der Waals surface area contributed by atoms with Crippen molar-refractivity contribution in [2.45, 2.75) is 18.6 Å². The summed E-state index contributed by atoms with van der Waals surface area (Å²) in [5, 5.41) is 22.0. The Morgan fingerprint density at radius 2 is 1.65 bits per heavy atom. The molecule has 0 atom stereocenters. The van der Waals surface area contributed by atoms with Gasteiger partial charge < -0.3 is 10.4 Å². The van der Waals surface area contributed by atoms with E-state index in [0.29, 0.717) is 17.9 Å². The number of amides is 1. The average molecular weight is 374 g/mol. The maximum Gasteiger partial charge on any atom is 0.303 e. The van der Waals surface area contributed by atoms with Gasteiger partial charge >= 0.3 is 5.97 Å². The van der Waals surface area contributed by atoms with Crippen LogP contribution in [0.2, 0.25) is 0 Å². The van der Waals surface area contributed by atoms with E-state index in [1.165, 1.54) is 23.9 Å². The number of carboxylic acids is 1. The van der Waals surface area contributed by atoms with Crippen molar-refractivity contribution >= 4 is 35.0 Å². The van der Waals surface area contributed by atoms with E-state index < -0.39 is 10.9 Å². The highest BCUT2D eigenvalue weighted by molar-refractivity contribution is 7.99. The molecule has 0 saturated carbocycles. The molecule has 0 unspecified atom stereocenters. The first-order chi connectivity index (χ1) is 12.4. The zero-order valence-electron chi connectivity index (χ0n) is 13.9. The number of nitro groups is 1. The summed E-state index contributed by atoms with van der Waals surface area (Å²) in [5.74, 6) is -0.139. The van der Waals surface area contributed by atoms with Gasteiger partial charge in [-0.1, -0.05) is 24.3 Å². The minimum Gasteiger partial charge on any atom is -0.481 e. The van der Waals surface area contributed by atoms with Crippen molar-refractivity contribution in [1.29, 1.82) is 0 Å². The van der Waals surface area contributed by atoms with Gasteiger partial charge in [-0.3, -0.25) is 19.7 Å². The maximum absolute atomic E-state index is 11.9. The smallest absolute Gasteiger partial charge is 0.303 e. The molecule has 0 aliphatic heterocycles. The van der Waals surface area contributed by atoms with Crippen LogP contribution in [0.25, 0.3) is 0 Å². The fourth-order valence-corrected chi connectivity index (χ4v) is 2.97. The van der Waals surface area contributed by atoms with Crippen molar-refractivity contribution in [3.63, 3.8) is 0 Å². The topological polar surface area (TPSA) is 110 Å². The van der Waals surface area contributed by atoms with Crippen LogP contribution in [0.1, 0.15) is 17.5 Å². The first-order valence-corrected chi connectivity index (χ1v) is 9.01. The van der Waals surface area contributed by atoms with Gasteiger partial charge in [-0.15, -0.1) is 11.8 Å². The van der Waals surface area contributed by atoms with Crippen molar-refractivity contribution in [1.82, 2.24) is 0 Å². The van der Waals surface area contributed by atoms with Gasteiger partial charge in [-0.25, -0.2) is 0 Å². The Hall–Kier alpha value is -2.87. The molecule has 2 aromatic rings. The first-order valence-electron chi connectivity index (χ1n) is 7.85. The standard InChI is InChI=1S/C18H18N2O5S/c21-17(12-26-11-14-3-8-16(9-4-14)20(24)25)19-15-6-1-13(2-7-15)5-10-18(22)23/h1-4,6-9H,5,10-12H2,(H,19,21)(H,22,23). The van der Waals surface area contributed by atoms with E-state index in [0.717, 1.165) is 11.1 Å². The third-order valence-corrected chi connectivity index (χ3v) is 4.52. The van der Waals surface area contributed by atoms with Gasteiger partial charge in [0.15, 0.2) is 0 Å². The number of nitro benzene ring substituents is 1. The summed E-state index contributed by atoms with van der Waals surface area (Å²) in [4.78, 5) is 32.6. The molecular formula is C18H18N2O5S. The van der Waals surface area contributed by atoms with Crippen LogP contribution in [0.15, 0.2) is 48.5 Å². The molecular weight excluding hydrogens is 356 g/mol. The summed E-state index contributed by atoms with van der Waals surface area (Å²) in [6, 6.07) is 13.3. The Balaban J connectivity index is 1.74. The summed E-state index contributed by atoms with van der Waals surface area (Å²) >= 11 is 1.42. The second kappa shape index (κ2) is 9.57. The molecule has 0 fully saturated rings. The van der Waals surface area contributed by atoms with E-state index in [9.17, 15) is 19.7 Å². The quantitative estimate of drug-likeness (QED) is 0.514. The highest BCUT2D eigenvalue weighted by Gasteiger charge is 2.06. The SMILES string of the molecule is O=C(O)CCc1ccc(NC(=O)CSCc2ccc([N+](=O)[O-])cc2)cc1. The molecule has 8 heteroatoms. The van der Waals surface area contributed by atoms with E-state index in [1.807, 2.05) is 0 Å². The molecule has 2 rings (SSSR count). The van der Waals surface area contributed by atoms with Gasteiger partial charge in [0.2, 0.25) is 5.91 Å². The lowest BCUT2D eigenvalue weighted by Crippen LogP contribution is -2.14. The largest absolute Gasteiger partial charge is 0.481 e. The monoisotopic (exact) mass is 374 g/mol. The molecule has 0 bridgehead atoms. The third kappa shape index (κ3) is 6.56. The number of hydrogen-bond donors (Lipinski definition) is 2. The molecule has 0 aliphatic carbocycles. The number of carbonyl (C=O) groups is 2. The number of rotatable bonds is 9. The molecule has 0 radical (unpaired) electrons. The molecule has 7 nitrogen and oxygen atoms in total. The fourth-order valence-electron chi connectivity index (χ4n) is 2.18. The van der Waals surface area contributed by atoms with E-state index in [-0.39, 0.29) is 23.8 Å². The van der Waals surface area contributed by atoms with Gasteiger partial charge in [0, 0.05) is 30.0 Å². The Bertz CT molecular complexity index is 775. The summed E-state index contributed by atoms with van der Waals surface area (Å²) in [5.41, 5.74) is 2.52. The number of anilines is 1. The predicted octanol–water partition coefficient (Wildman–Crippen LogP) is 3.48. The average Bonchev–Trinajstić information content (AvgIpc) is 2.61. The van der Waals surface area contributed by atoms with Crippen LogP contribution >= 0.6 is 11.8 Å². The van der Waals surface area contributed by atoms with Crippen molar-refractivity contribution in [2.75, 3.05) is 11.1 Å². The molecule has 1 amide bonds. The van der Waals surface area contributed by atoms with Gasteiger partial charge in [0.25, 0.3) is 5.69 Å². The summed E-state index contributed by atoms with van der Waals surface area (Å²) in [6.07, 6.45) is 0.527. The van der Waals surface area contributed by atoms with Crippen molar-refractivity contribution < 1.29 is 19.6 Å². The fraction of sp³-hybridized carbons (Fsp3) is 0.222. The van der Waals surface area contributed by atoms with Crippen molar-refractivity contribution in [2.24, 2.45) is 0 Å². The molecule has 26 heavy (non-hydrogen) atoms. The van der Waals surface area contributed by atoms with E-state index in [4.69, 9.17) is 5.11 Å². The van der Waals surface area contributed by atoms with Crippen molar-refractivity contribution in [3.05, 3.63) is 69.8 Å². The molecule has 2 N–H and O–H groups in total. The summed E-state index contributed by atoms with van der Waals surface area (Å²) in [6.45, 7) is 0. The zero-order chi connectivity index (χ0) is 18.9. The number of hydrogen-bond acceptors (Lipinski definition) is 5. The maximum atomic E-state index is 11.9. The number of carbonyl (C=O) groups excluding carboxylic acids is 1. The molecule has 0 saturated heterocycles. The lowest BCUT2D eigenvalue weighted by Gasteiger charge is -2.06. The molecule has 136 valence electrons. The Labute approximate surface area is 154 Å². The first kappa shape index (κ1) is 19.5. The number of aliphatic carboxylic acids is 1. The van der Waals surface area contributed by atoms with Crippen LogP contribution in [0.4, 0.5) is 11.4 Å². The van der Waals surface area contributed by atoms with Gasteiger partial charge in [-0.2, -0.15) is 0 Å². The van der Waals surface area contributed by atoms with E-state index >= 15 is 0 Å². The lowest BCUT2D eigenvalue weighted by atomic mass is 10.1. The Kier molecular flexibility index (Phi) is 7.16. The highest BCUT2D eigenvalue weighted by atomic mass is 32.2. The zero-order valence-corrected chi connectivity index (χ0v) is 14.7. The summed E-state index contributed by atoms with van der Waals surface area (Å²) in [7, 11) is 0. The highest BCUT2D eigenvalue weighted by Crippen LogP contribution is 2.17. The molecule has 0 aliphatic rings. The number of non-ortho nitro benzene ring substituents is 1. The lowest BCUT2D eigenvalue weighted by molar-refractivity contribution is -0.384. The third-order valence-electron chi connectivity index (χ3n) is 3.51. The van der Waals surface area contributed by atoms with Crippen LogP contribution in [0.5, 0.6) is 0 Å². The number of carboxylic acid groups (broad SMARTS) is 1.